The first-order valence-corrected chi connectivity index (χ1v) is 7.86. The van der Waals surface area contributed by atoms with Crippen molar-refractivity contribution < 1.29 is 24.2 Å². The smallest absolute Gasteiger partial charge is 0.352 e. The molecule has 0 saturated heterocycles. The van der Waals surface area contributed by atoms with Gasteiger partial charge >= 0.3 is 11.9 Å². The average Bonchev–Trinajstić information content (AvgIpc) is 2.51. The van der Waals surface area contributed by atoms with Gasteiger partial charge < -0.3 is 14.6 Å². The van der Waals surface area contributed by atoms with Gasteiger partial charge in [0.2, 0.25) is 0 Å². The third kappa shape index (κ3) is 3.50. The highest BCUT2D eigenvalue weighted by Gasteiger charge is 2.46. The van der Waals surface area contributed by atoms with Gasteiger partial charge in [0.05, 0.1) is 6.42 Å². The van der Waals surface area contributed by atoms with E-state index in [0.29, 0.717) is 12.0 Å². The van der Waals surface area contributed by atoms with Crippen LogP contribution >= 0.6 is 15.9 Å². The molecule has 22 heavy (non-hydrogen) atoms. The molecule has 1 aromatic carbocycles. The van der Waals surface area contributed by atoms with Gasteiger partial charge in [-0.15, -0.1) is 0 Å². The average molecular weight is 369 g/mol. The van der Waals surface area contributed by atoms with Crippen LogP contribution < -0.4 is 0 Å². The summed E-state index contributed by atoms with van der Waals surface area (Å²) < 4.78 is 10.8. The molecule has 1 aliphatic heterocycles. The molecule has 0 spiro atoms. The second-order valence-corrected chi connectivity index (χ2v) is 5.82. The summed E-state index contributed by atoms with van der Waals surface area (Å²) in [5, 5.41) is 9.97. The van der Waals surface area contributed by atoms with Gasteiger partial charge in [0.25, 0.3) is 5.79 Å². The number of rotatable bonds is 5. The first-order valence-electron chi connectivity index (χ1n) is 7.07. The summed E-state index contributed by atoms with van der Waals surface area (Å²) in [7, 11) is 0. The lowest BCUT2D eigenvalue weighted by molar-refractivity contribution is -0.237. The fourth-order valence-corrected chi connectivity index (χ4v) is 2.39. The van der Waals surface area contributed by atoms with E-state index in [9.17, 15) is 14.7 Å². The summed E-state index contributed by atoms with van der Waals surface area (Å²) >= 11 is 2.97. The maximum Gasteiger partial charge on any atom is 0.352 e. The van der Waals surface area contributed by atoms with Crippen LogP contribution in [0.2, 0.25) is 0 Å². The minimum Gasteiger partial charge on any atom is -0.511 e. The number of aliphatic hydroxyl groups excluding tert-OH is 1. The van der Waals surface area contributed by atoms with Crippen molar-refractivity contribution in [2.24, 2.45) is 0 Å². The highest BCUT2D eigenvalue weighted by Crippen LogP contribution is 2.40. The van der Waals surface area contributed by atoms with E-state index in [2.05, 4.69) is 15.9 Å². The van der Waals surface area contributed by atoms with Crippen LogP contribution in [0.5, 0.6) is 0 Å². The predicted octanol–water partition coefficient (Wildman–Crippen LogP) is 3.68. The highest BCUT2D eigenvalue weighted by atomic mass is 79.9. The van der Waals surface area contributed by atoms with Crippen LogP contribution in [0.3, 0.4) is 0 Å². The van der Waals surface area contributed by atoms with Crippen LogP contribution in [0.4, 0.5) is 0 Å². The maximum atomic E-state index is 12.0. The molecule has 1 aliphatic rings. The number of aliphatic hydroxyl groups is 1. The summed E-state index contributed by atoms with van der Waals surface area (Å²) in [4.78, 5) is 23.9. The highest BCUT2D eigenvalue weighted by molar-refractivity contribution is 9.12. The van der Waals surface area contributed by atoms with Crippen LogP contribution in [0.25, 0.3) is 0 Å². The molecule has 0 amide bonds. The Morgan fingerprint density at radius 1 is 1.41 bits per heavy atom. The van der Waals surface area contributed by atoms with Gasteiger partial charge in [0.1, 0.15) is 10.2 Å². The first kappa shape index (κ1) is 16.5. The zero-order chi connectivity index (χ0) is 16.2. The molecule has 118 valence electrons. The zero-order valence-electron chi connectivity index (χ0n) is 12.2. The number of hydrogen-bond donors (Lipinski definition) is 1. The van der Waals surface area contributed by atoms with E-state index >= 15 is 0 Å². The molecule has 0 radical (unpaired) electrons. The number of carbonyl (C=O) groups is 2. The Balaban J connectivity index is 2.35. The van der Waals surface area contributed by atoms with E-state index in [4.69, 9.17) is 9.47 Å². The Kier molecular flexibility index (Phi) is 5.24. The Bertz CT molecular complexity index is 596. The van der Waals surface area contributed by atoms with Crippen molar-refractivity contribution >= 4 is 27.9 Å². The number of carbonyl (C=O) groups excluding carboxylic acids is 2. The molecule has 0 bridgehead atoms. The number of ether oxygens (including phenoxy) is 2. The zero-order valence-corrected chi connectivity index (χ0v) is 13.8. The molecule has 1 heterocycles. The van der Waals surface area contributed by atoms with Gasteiger partial charge in [-0.1, -0.05) is 43.7 Å². The van der Waals surface area contributed by atoms with Crippen molar-refractivity contribution in [1.29, 1.82) is 0 Å². The fraction of sp³-hybridized carbons (Fsp3) is 0.375. The van der Waals surface area contributed by atoms with Gasteiger partial charge in [0, 0.05) is 12.0 Å². The Morgan fingerprint density at radius 2 is 2.09 bits per heavy atom. The van der Waals surface area contributed by atoms with Crippen molar-refractivity contribution in [3.63, 3.8) is 0 Å². The van der Waals surface area contributed by atoms with Crippen LogP contribution in [-0.4, -0.2) is 17.0 Å². The molecule has 1 atom stereocenters. The number of hydrogen-bond acceptors (Lipinski definition) is 5. The number of esters is 2. The van der Waals surface area contributed by atoms with Crippen molar-refractivity contribution in [2.45, 2.75) is 38.4 Å². The van der Waals surface area contributed by atoms with Gasteiger partial charge in [0.15, 0.2) is 0 Å². The van der Waals surface area contributed by atoms with E-state index < -0.39 is 17.7 Å². The second kappa shape index (κ2) is 6.96. The minimum atomic E-state index is -1.62. The lowest BCUT2D eigenvalue weighted by Crippen LogP contribution is -2.41. The van der Waals surface area contributed by atoms with Crippen LogP contribution in [0.15, 0.2) is 40.6 Å². The Hall–Kier alpha value is -1.82. The minimum absolute atomic E-state index is 0.0522. The lowest BCUT2D eigenvalue weighted by Gasteiger charge is -2.35. The van der Waals surface area contributed by atoms with Crippen molar-refractivity contribution in [2.75, 3.05) is 0 Å². The molecule has 0 aromatic heterocycles. The van der Waals surface area contributed by atoms with Crippen molar-refractivity contribution in [3.05, 3.63) is 46.1 Å². The van der Waals surface area contributed by atoms with E-state index in [1.165, 1.54) is 0 Å². The van der Waals surface area contributed by atoms with E-state index in [-0.39, 0.29) is 23.1 Å². The third-order valence-corrected chi connectivity index (χ3v) is 4.10. The molecule has 0 saturated carbocycles. The monoisotopic (exact) mass is 368 g/mol. The number of cyclic esters (lactones) is 1. The van der Waals surface area contributed by atoms with Crippen molar-refractivity contribution in [3.8, 4) is 0 Å². The Morgan fingerprint density at radius 3 is 2.68 bits per heavy atom. The summed E-state index contributed by atoms with van der Waals surface area (Å²) in [6.07, 6.45) is 1.64. The molecule has 0 fully saturated rings. The molecule has 1 aromatic rings. The van der Waals surface area contributed by atoms with E-state index in [0.717, 1.165) is 6.42 Å². The van der Waals surface area contributed by atoms with Gasteiger partial charge in [-0.3, -0.25) is 4.79 Å². The largest absolute Gasteiger partial charge is 0.511 e. The molecule has 2 rings (SSSR count). The van der Waals surface area contributed by atoms with Gasteiger partial charge in [-0.25, -0.2) is 4.79 Å². The molecule has 6 heteroatoms. The van der Waals surface area contributed by atoms with Crippen molar-refractivity contribution in [1.82, 2.24) is 0 Å². The molecular formula is C16H17BrO5. The third-order valence-electron chi connectivity index (χ3n) is 3.32. The van der Waals surface area contributed by atoms with E-state index in [1.54, 1.807) is 30.3 Å². The molecule has 1 N–H and O–H groups in total. The maximum absolute atomic E-state index is 12.0. The van der Waals surface area contributed by atoms with Crippen LogP contribution in [0.1, 0.15) is 38.2 Å². The number of benzene rings is 1. The topological polar surface area (TPSA) is 72.8 Å². The van der Waals surface area contributed by atoms with Crippen LogP contribution in [-0.2, 0) is 24.8 Å². The second-order valence-electron chi connectivity index (χ2n) is 5.02. The quantitative estimate of drug-likeness (QED) is 0.802. The lowest BCUT2D eigenvalue weighted by atomic mass is 9.99. The standard InChI is InChI=1S/C16H17BrO5/c1-2-3-9-13(19)21-16(11-7-5-4-6-8-11)10-12(18)14(17)15(20)22-16/h4-8,18H,2-3,9-10H2,1H3. The SMILES string of the molecule is CCCCC(=O)OC1(c2ccccc2)CC(O)=C(Br)C(=O)O1. The first-order chi connectivity index (χ1) is 10.5. The van der Waals surface area contributed by atoms with Crippen LogP contribution in [0, 0.1) is 0 Å². The summed E-state index contributed by atoms with van der Waals surface area (Å²) in [6, 6.07) is 8.66. The molecule has 0 aliphatic carbocycles. The number of halogens is 1. The van der Waals surface area contributed by atoms with E-state index in [1.807, 2.05) is 6.92 Å². The predicted molar refractivity (Wildman–Crippen MR) is 83.0 cm³/mol. The fourth-order valence-electron chi connectivity index (χ4n) is 2.17. The number of unbranched alkanes of at least 4 members (excludes halogenated alkanes) is 1. The summed E-state index contributed by atoms with van der Waals surface area (Å²) in [5.41, 5.74) is 0.500. The van der Waals surface area contributed by atoms with Gasteiger partial charge in [-0.05, 0) is 22.4 Å². The molecule has 5 nitrogen and oxygen atoms in total. The Labute approximate surface area is 137 Å². The molecular weight excluding hydrogens is 352 g/mol. The summed E-state index contributed by atoms with van der Waals surface area (Å²) in [5.74, 6) is -3.06. The normalized spacial score (nSPS) is 21.5. The molecule has 1 unspecified atom stereocenters. The van der Waals surface area contributed by atoms with Gasteiger partial charge in [-0.2, -0.15) is 0 Å². The summed E-state index contributed by atoms with van der Waals surface area (Å²) in [6.45, 7) is 1.96.